The van der Waals surface area contributed by atoms with Gasteiger partial charge in [-0.15, -0.1) is 0 Å². The first kappa shape index (κ1) is 10.6. The normalized spacial score (nSPS) is 21.1. The summed E-state index contributed by atoms with van der Waals surface area (Å²) in [6, 6.07) is 5.35. The Kier molecular flexibility index (Phi) is 2.56. The molecule has 0 saturated heterocycles. The predicted octanol–water partition coefficient (Wildman–Crippen LogP) is 1.43. The molecule has 1 unspecified atom stereocenters. The average molecular weight is 225 g/mol. The van der Waals surface area contributed by atoms with Crippen molar-refractivity contribution in [3.05, 3.63) is 29.3 Å². The van der Waals surface area contributed by atoms with E-state index >= 15 is 0 Å². The number of aryl methyl sites for hydroxylation is 1. The lowest BCUT2D eigenvalue weighted by atomic mass is 9.88. The summed E-state index contributed by atoms with van der Waals surface area (Å²) in [7, 11) is -3.09. The third-order valence-electron chi connectivity index (χ3n) is 2.90. The molecule has 0 amide bonds. The Balaban J connectivity index is 2.51. The van der Waals surface area contributed by atoms with Crippen molar-refractivity contribution < 1.29 is 8.42 Å². The molecule has 0 heterocycles. The Labute approximate surface area is 90.2 Å². The number of benzene rings is 1. The summed E-state index contributed by atoms with van der Waals surface area (Å²) in [4.78, 5) is 0.398. The van der Waals surface area contributed by atoms with Gasteiger partial charge < -0.3 is 5.73 Å². The minimum atomic E-state index is -3.09. The van der Waals surface area contributed by atoms with Crippen LogP contribution in [-0.2, 0) is 16.3 Å². The fourth-order valence-electron chi connectivity index (χ4n) is 2.06. The van der Waals surface area contributed by atoms with Crippen molar-refractivity contribution in [3.63, 3.8) is 0 Å². The van der Waals surface area contributed by atoms with E-state index in [0.29, 0.717) is 4.90 Å². The number of sulfone groups is 1. The zero-order valence-electron chi connectivity index (χ0n) is 8.73. The van der Waals surface area contributed by atoms with Gasteiger partial charge in [-0.25, -0.2) is 8.42 Å². The number of hydrogen-bond donors (Lipinski definition) is 1. The third-order valence-corrected chi connectivity index (χ3v) is 4.01. The molecule has 0 fully saturated rings. The molecule has 2 rings (SSSR count). The smallest absolute Gasteiger partial charge is 0.175 e. The molecule has 2 N–H and O–H groups in total. The monoisotopic (exact) mass is 225 g/mol. The molecule has 1 aliphatic rings. The van der Waals surface area contributed by atoms with Crippen LogP contribution in [0.4, 0.5) is 0 Å². The summed E-state index contributed by atoms with van der Waals surface area (Å²) in [5, 5.41) is 0. The van der Waals surface area contributed by atoms with Gasteiger partial charge in [0.05, 0.1) is 4.90 Å². The van der Waals surface area contributed by atoms with Crippen LogP contribution in [0.1, 0.15) is 30.0 Å². The standard InChI is InChI=1S/C11H15NO2S/c1-15(13,14)9-5-6-10-8(7-9)3-2-4-11(10)12/h5-7,11H,2-4,12H2,1H3. The minimum Gasteiger partial charge on any atom is -0.324 e. The molecule has 0 spiro atoms. The van der Waals surface area contributed by atoms with Crippen LogP contribution in [0.3, 0.4) is 0 Å². The second-order valence-corrected chi connectivity index (χ2v) is 6.15. The molecule has 0 aromatic heterocycles. The molecular formula is C11H15NO2S. The zero-order chi connectivity index (χ0) is 11.1. The lowest BCUT2D eigenvalue weighted by Gasteiger charge is -2.22. The van der Waals surface area contributed by atoms with Gasteiger partial charge >= 0.3 is 0 Å². The first-order valence-corrected chi connectivity index (χ1v) is 6.96. The van der Waals surface area contributed by atoms with Crippen LogP contribution in [0.15, 0.2) is 23.1 Å². The van der Waals surface area contributed by atoms with Gasteiger partial charge in [0.15, 0.2) is 9.84 Å². The lowest BCUT2D eigenvalue weighted by molar-refractivity contribution is 0.568. The average Bonchev–Trinajstić information content (AvgIpc) is 2.16. The summed E-state index contributed by atoms with van der Waals surface area (Å²) in [6.45, 7) is 0. The van der Waals surface area contributed by atoms with E-state index in [1.54, 1.807) is 12.1 Å². The van der Waals surface area contributed by atoms with Crippen molar-refractivity contribution in [1.29, 1.82) is 0 Å². The Bertz CT molecular complexity index is 479. The van der Waals surface area contributed by atoms with Crippen LogP contribution >= 0.6 is 0 Å². The molecule has 4 heteroatoms. The number of hydrogen-bond acceptors (Lipinski definition) is 3. The predicted molar refractivity (Wildman–Crippen MR) is 59.4 cm³/mol. The van der Waals surface area contributed by atoms with Crippen molar-refractivity contribution in [2.24, 2.45) is 5.73 Å². The third kappa shape index (κ3) is 2.06. The highest BCUT2D eigenvalue weighted by atomic mass is 32.2. The van der Waals surface area contributed by atoms with Crippen molar-refractivity contribution in [3.8, 4) is 0 Å². The zero-order valence-corrected chi connectivity index (χ0v) is 9.55. The van der Waals surface area contributed by atoms with Crippen LogP contribution in [0.2, 0.25) is 0 Å². The van der Waals surface area contributed by atoms with Gasteiger partial charge in [0.2, 0.25) is 0 Å². The van der Waals surface area contributed by atoms with Gasteiger partial charge in [-0.1, -0.05) is 6.07 Å². The van der Waals surface area contributed by atoms with Crippen LogP contribution in [0.5, 0.6) is 0 Å². The Morgan fingerprint density at radius 1 is 1.40 bits per heavy atom. The summed E-state index contributed by atoms with van der Waals surface area (Å²) in [5.41, 5.74) is 8.16. The fraction of sp³-hybridized carbons (Fsp3) is 0.455. The van der Waals surface area contributed by atoms with E-state index in [1.165, 1.54) is 6.26 Å². The molecule has 15 heavy (non-hydrogen) atoms. The molecule has 1 aromatic carbocycles. The van der Waals surface area contributed by atoms with Gasteiger partial charge in [0, 0.05) is 12.3 Å². The highest BCUT2D eigenvalue weighted by Gasteiger charge is 2.18. The Morgan fingerprint density at radius 3 is 2.80 bits per heavy atom. The molecule has 0 radical (unpaired) electrons. The largest absolute Gasteiger partial charge is 0.324 e. The second kappa shape index (κ2) is 3.61. The quantitative estimate of drug-likeness (QED) is 0.786. The summed E-state index contributed by atoms with van der Waals surface area (Å²) in [6.07, 6.45) is 4.20. The van der Waals surface area contributed by atoms with Gasteiger partial charge in [0.25, 0.3) is 0 Å². The molecule has 82 valence electrons. The number of rotatable bonds is 1. The SMILES string of the molecule is CS(=O)(=O)c1ccc2c(c1)CCCC2N. The molecule has 3 nitrogen and oxygen atoms in total. The second-order valence-electron chi connectivity index (χ2n) is 4.13. The highest BCUT2D eigenvalue weighted by Crippen LogP contribution is 2.29. The van der Waals surface area contributed by atoms with E-state index in [4.69, 9.17) is 5.73 Å². The molecule has 1 aromatic rings. The van der Waals surface area contributed by atoms with Crippen molar-refractivity contribution in [1.82, 2.24) is 0 Å². The maximum Gasteiger partial charge on any atom is 0.175 e. The maximum atomic E-state index is 11.4. The van der Waals surface area contributed by atoms with Crippen LogP contribution in [-0.4, -0.2) is 14.7 Å². The van der Waals surface area contributed by atoms with Crippen LogP contribution in [0, 0.1) is 0 Å². The van der Waals surface area contributed by atoms with E-state index < -0.39 is 9.84 Å². The minimum absolute atomic E-state index is 0.0716. The molecule has 0 aliphatic heterocycles. The van der Waals surface area contributed by atoms with Crippen LogP contribution in [0.25, 0.3) is 0 Å². The van der Waals surface area contributed by atoms with E-state index in [9.17, 15) is 8.42 Å². The number of fused-ring (bicyclic) bond motifs is 1. The van der Waals surface area contributed by atoms with Gasteiger partial charge in [0.1, 0.15) is 0 Å². The summed E-state index contributed by atoms with van der Waals surface area (Å²) >= 11 is 0. The number of nitrogens with two attached hydrogens (primary N) is 1. The lowest BCUT2D eigenvalue weighted by Crippen LogP contribution is -2.17. The molecule has 0 bridgehead atoms. The van der Waals surface area contributed by atoms with Crippen molar-refractivity contribution in [2.45, 2.75) is 30.2 Å². The van der Waals surface area contributed by atoms with Crippen molar-refractivity contribution in [2.75, 3.05) is 6.26 Å². The molecular weight excluding hydrogens is 210 g/mol. The molecule has 1 atom stereocenters. The topological polar surface area (TPSA) is 60.2 Å². The van der Waals surface area contributed by atoms with Crippen LogP contribution < -0.4 is 5.73 Å². The van der Waals surface area contributed by atoms with E-state index in [2.05, 4.69) is 0 Å². The van der Waals surface area contributed by atoms with E-state index in [0.717, 1.165) is 30.4 Å². The first-order chi connectivity index (χ1) is 6.98. The first-order valence-electron chi connectivity index (χ1n) is 5.07. The van der Waals surface area contributed by atoms with E-state index in [1.807, 2.05) is 6.07 Å². The van der Waals surface area contributed by atoms with Gasteiger partial charge in [-0.05, 0) is 42.5 Å². The van der Waals surface area contributed by atoms with Crippen molar-refractivity contribution >= 4 is 9.84 Å². The Morgan fingerprint density at radius 2 is 2.13 bits per heavy atom. The fourth-order valence-corrected chi connectivity index (χ4v) is 2.73. The van der Waals surface area contributed by atoms with E-state index in [-0.39, 0.29) is 6.04 Å². The molecule has 0 saturated carbocycles. The Hall–Kier alpha value is -0.870. The highest BCUT2D eigenvalue weighted by molar-refractivity contribution is 7.90. The summed E-state index contributed by atoms with van der Waals surface area (Å²) in [5.74, 6) is 0. The maximum absolute atomic E-state index is 11.4. The molecule has 1 aliphatic carbocycles. The van der Waals surface area contributed by atoms with Gasteiger partial charge in [-0.3, -0.25) is 0 Å². The summed E-state index contributed by atoms with van der Waals surface area (Å²) < 4.78 is 22.7. The van der Waals surface area contributed by atoms with Gasteiger partial charge in [-0.2, -0.15) is 0 Å².